The molecule has 28 heavy (non-hydrogen) atoms. The molecule has 0 spiro atoms. The van der Waals surface area contributed by atoms with Gasteiger partial charge < -0.3 is 25.0 Å². The molecule has 1 aliphatic rings. The smallest absolute Gasteiger partial charge is 0.323 e. The molecule has 1 heterocycles. The lowest BCUT2D eigenvalue weighted by atomic mass is 9.93. The van der Waals surface area contributed by atoms with Crippen molar-refractivity contribution >= 4 is 29.0 Å². The fourth-order valence-electron chi connectivity index (χ4n) is 3.03. The van der Waals surface area contributed by atoms with Crippen LogP contribution in [-0.2, 0) is 4.79 Å². The number of nitrogens with zero attached hydrogens (tertiary/aromatic N) is 1. The van der Waals surface area contributed by atoms with E-state index in [1.54, 1.807) is 54.5 Å². The van der Waals surface area contributed by atoms with Crippen molar-refractivity contribution in [2.24, 2.45) is 5.41 Å². The highest BCUT2D eigenvalue weighted by Gasteiger charge is 2.37. The largest absolute Gasteiger partial charge is 0.497 e. The minimum Gasteiger partial charge on any atom is -0.497 e. The Labute approximate surface area is 164 Å². The zero-order chi connectivity index (χ0) is 20.3. The molecular weight excluding hydrogens is 358 g/mol. The van der Waals surface area contributed by atoms with Gasteiger partial charge in [0.2, 0.25) is 5.91 Å². The Bertz CT molecular complexity index is 895. The van der Waals surface area contributed by atoms with Gasteiger partial charge in [0, 0.05) is 30.1 Å². The van der Waals surface area contributed by atoms with Crippen molar-refractivity contribution in [1.29, 1.82) is 0 Å². The number of carbonyl (C=O) groups is 2. The van der Waals surface area contributed by atoms with Crippen LogP contribution in [0.2, 0.25) is 0 Å². The van der Waals surface area contributed by atoms with E-state index in [1.165, 1.54) is 0 Å². The van der Waals surface area contributed by atoms with Crippen LogP contribution in [0.5, 0.6) is 11.5 Å². The van der Waals surface area contributed by atoms with E-state index < -0.39 is 5.41 Å². The van der Waals surface area contributed by atoms with Crippen LogP contribution in [0.25, 0.3) is 0 Å². The summed E-state index contributed by atoms with van der Waals surface area (Å²) in [4.78, 5) is 26.8. The lowest BCUT2D eigenvalue weighted by Crippen LogP contribution is -2.42. The van der Waals surface area contributed by atoms with Crippen molar-refractivity contribution in [3.8, 4) is 11.5 Å². The minimum atomic E-state index is -0.619. The molecule has 2 aromatic rings. The first-order valence-electron chi connectivity index (χ1n) is 9.15. The second-order valence-electron chi connectivity index (χ2n) is 7.22. The summed E-state index contributed by atoms with van der Waals surface area (Å²) >= 11 is 0. The molecule has 0 aromatic heterocycles. The van der Waals surface area contributed by atoms with Gasteiger partial charge in [-0.25, -0.2) is 4.79 Å². The highest BCUT2D eigenvalue weighted by Crippen LogP contribution is 2.38. The second-order valence-corrected chi connectivity index (χ2v) is 7.22. The minimum absolute atomic E-state index is 0.0187. The number of anilines is 3. The molecule has 1 aliphatic heterocycles. The van der Waals surface area contributed by atoms with Crippen molar-refractivity contribution in [1.82, 2.24) is 0 Å². The molecule has 2 aromatic carbocycles. The lowest BCUT2D eigenvalue weighted by Gasteiger charge is -2.26. The summed E-state index contributed by atoms with van der Waals surface area (Å²) in [5.41, 5.74) is 1.28. The number of rotatable bonds is 4. The summed E-state index contributed by atoms with van der Waals surface area (Å²) in [6.45, 7) is 6.47. The number of urea groups is 1. The maximum Gasteiger partial charge on any atom is 0.323 e. The van der Waals surface area contributed by atoms with E-state index in [0.29, 0.717) is 35.1 Å². The van der Waals surface area contributed by atoms with Crippen molar-refractivity contribution in [3.05, 3.63) is 42.5 Å². The first kappa shape index (κ1) is 19.5. The number of hydrogen-bond donors (Lipinski definition) is 2. The van der Waals surface area contributed by atoms with Crippen molar-refractivity contribution < 1.29 is 19.1 Å². The van der Waals surface area contributed by atoms with E-state index in [1.807, 2.05) is 20.8 Å². The summed E-state index contributed by atoms with van der Waals surface area (Å²) in [6.07, 6.45) is 0. The van der Waals surface area contributed by atoms with Gasteiger partial charge >= 0.3 is 6.03 Å². The van der Waals surface area contributed by atoms with Gasteiger partial charge in [-0.2, -0.15) is 0 Å². The van der Waals surface area contributed by atoms with E-state index in [0.717, 1.165) is 0 Å². The van der Waals surface area contributed by atoms with Gasteiger partial charge in [0.1, 0.15) is 18.1 Å². The predicted octanol–water partition coefficient (Wildman–Crippen LogP) is 4.11. The average Bonchev–Trinajstić information content (AvgIpc) is 2.76. The third-order valence-corrected chi connectivity index (χ3v) is 4.56. The molecule has 0 saturated carbocycles. The number of carbonyl (C=O) groups excluding carboxylic acids is 2. The third-order valence-electron chi connectivity index (χ3n) is 4.56. The maximum absolute atomic E-state index is 12.7. The Kier molecular flexibility index (Phi) is 5.44. The standard InChI is InChI=1S/C21H25N3O4/c1-5-24-17-10-9-15(12-18(17)28-13-21(2,3)19(24)25)23-20(26)22-14-7-6-8-16(11-14)27-4/h6-12H,5,13H2,1-4H3,(H2,22,23,26). The van der Waals surface area contributed by atoms with Gasteiger partial charge in [-0.3, -0.25) is 4.79 Å². The topological polar surface area (TPSA) is 79.9 Å². The van der Waals surface area contributed by atoms with Gasteiger partial charge in [-0.15, -0.1) is 0 Å². The molecule has 148 valence electrons. The molecule has 0 atom stereocenters. The quantitative estimate of drug-likeness (QED) is 0.833. The van der Waals surface area contributed by atoms with E-state index in [2.05, 4.69) is 10.6 Å². The first-order chi connectivity index (χ1) is 13.3. The average molecular weight is 383 g/mol. The summed E-state index contributed by atoms with van der Waals surface area (Å²) in [5.74, 6) is 1.24. The van der Waals surface area contributed by atoms with Gasteiger partial charge in [0.05, 0.1) is 18.2 Å². The van der Waals surface area contributed by atoms with Crippen LogP contribution in [-0.4, -0.2) is 32.2 Å². The van der Waals surface area contributed by atoms with Crippen molar-refractivity contribution in [3.63, 3.8) is 0 Å². The molecule has 3 rings (SSSR count). The van der Waals surface area contributed by atoms with E-state index in [-0.39, 0.29) is 18.5 Å². The van der Waals surface area contributed by atoms with Crippen LogP contribution in [0.4, 0.5) is 21.9 Å². The summed E-state index contributed by atoms with van der Waals surface area (Å²) in [5, 5.41) is 5.55. The van der Waals surface area contributed by atoms with E-state index >= 15 is 0 Å². The molecule has 0 saturated heterocycles. The van der Waals surface area contributed by atoms with Gasteiger partial charge in [-0.1, -0.05) is 6.07 Å². The normalized spacial score (nSPS) is 15.1. The number of ether oxygens (including phenoxy) is 2. The monoisotopic (exact) mass is 383 g/mol. The Morgan fingerprint density at radius 3 is 2.57 bits per heavy atom. The predicted molar refractivity (Wildman–Crippen MR) is 109 cm³/mol. The number of benzene rings is 2. The zero-order valence-electron chi connectivity index (χ0n) is 16.5. The number of nitrogens with one attached hydrogen (secondary N) is 2. The van der Waals surface area contributed by atoms with Gasteiger partial charge in [-0.05, 0) is 45.0 Å². The van der Waals surface area contributed by atoms with E-state index in [4.69, 9.17) is 9.47 Å². The summed E-state index contributed by atoms with van der Waals surface area (Å²) in [7, 11) is 1.57. The number of methoxy groups -OCH3 is 1. The zero-order valence-corrected chi connectivity index (χ0v) is 16.5. The molecule has 0 aliphatic carbocycles. The fraction of sp³-hybridized carbons (Fsp3) is 0.333. The molecule has 2 N–H and O–H groups in total. The maximum atomic E-state index is 12.7. The molecule has 0 radical (unpaired) electrons. The fourth-order valence-corrected chi connectivity index (χ4v) is 3.03. The van der Waals surface area contributed by atoms with Crippen molar-refractivity contribution in [2.45, 2.75) is 20.8 Å². The first-order valence-corrected chi connectivity index (χ1v) is 9.15. The Morgan fingerprint density at radius 2 is 1.89 bits per heavy atom. The lowest BCUT2D eigenvalue weighted by molar-refractivity contribution is -0.127. The molecule has 7 heteroatoms. The summed E-state index contributed by atoms with van der Waals surface area (Å²) < 4.78 is 11.0. The molecule has 0 fully saturated rings. The molecule has 0 unspecified atom stereocenters. The molecule has 3 amide bonds. The van der Waals surface area contributed by atoms with Crippen LogP contribution in [0, 0.1) is 5.41 Å². The van der Waals surface area contributed by atoms with Gasteiger partial charge in [0.25, 0.3) is 0 Å². The highest BCUT2D eigenvalue weighted by atomic mass is 16.5. The van der Waals surface area contributed by atoms with Crippen LogP contribution >= 0.6 is 0 Å². The SMILES string of the molecule is CCN1C(=O)C(C)(C)COc2cc(NC(=O)Nc3cccc(OC)c3)ccc21. The summed E-state index contributed by atoms with van der Waals surface area (Å²) in [6, 6.07) is 12.0. The third kappa shape index (κ3) is 4.03. The molecule has 0 bridgehead atoms. The van der Waals surface area contributed by atoms with Crippen LogP contribution in [0.15, 0.2) is 42.5 Å². The Morgan fingerprint density at radius 1 is 1.18 bits per heavy atom. The van der Waals surface area contributed by atoms with Crippen LogP contribution in [0.3, 0.4) is 0 Å². The highest BCUT2D eigenvalue weighted by molar-refractivity contribution is 6.02. The number of hydrogen-bond acceptors (Lipinski definition) is 4. The molecular formula is C21H25N3O4. The van der Waals surface area contributed by atoms with Crippen LogP contribution in [0.1, 0.15) is 20.8 Å². The Hall–Kier alpha value is -3.22. The van der Waals surface area contributed by atoms with E-state index in [9.17, 15) is 9.59 Å². The molecule has 7 nitrogen and oxygen atoms in total. The van der Waals surface area contributed by atoms with Crippen molar-refractivity contribution in [2.75, 3.05) is 35.8 Å². The van der Waals surface area contributed by atoms with Crippen LogP contribution < -0.4 is 25.0 Å². The van der Waals surface area contributed by atoms with Gasteiger partial charge in [0.15, 0.2) is 0 Å². The number of fused-ring (bicyclic) bond motifs is 1. The number of amides is 3. The second kappa shape index (κ2) is 7.80. The Balaban J connectivity index is 1.77.